The van der Waals surface area contributed by atoms with Gasteiger partial charge in [0.25, 0.3) is 5.91 Å². The molecule has 1 amide bonds. The van der Waals surface area contributed by atoms with E-state index in [1.165, 1.54) is 28.9 Å². The summed E-state index contributed by atoms with van der Waals surface area (Å²) in [4.78, 5) is 17.2. The molecule has 4 aromatic rings. The number of phenols is 1. The number of benzene rings is 2. The molecule has 0 atom stereocenters. The lowest BCUT2D eigenvalue weighted by Gasteiger charge is -2.12. The van der Waals surface area contributed by atoms with Crippen molar-refractivity contribution in [1.82, 2.24) is 19.9 Å². The molecule has 0 bridgehead atoms. The monoisotopic (exact) mass is 531 g/mol. The average molecular weight is 532 g/mol. The van der Waals surface area contributed by atoms with Crippen molar-refractivity contribution in [1.29, 1.82) is 0 Å². The minimum absolute atomic E-state index is 0.162. The summed E-state index contributed by atoms with van der Waals surface area (Å²) in [5.74, 6) is -0.902. The van der Waals surface area contributed by atoms with Crippen LogP contribution in [0.2, 0.25) is 0 Å². The van der Waals surface area contributed by atoms with E-state index in [-0.39, 0.29) is 29.9 Å². The van der Waals surface area contributed by atoms with Gasteiger partial charge < -0.3 is 15.7 Å². The molecule has 7 nitrogen and oxygen atoms in total. The van der Waals surface area contributed by atoms with Gasteiger partial charge in [0.2, 0.25) is 0 Å². The Morgan fingerprint density at radius 1 is 1.16 bits per heavy atom. The third kappa shape index (κ3) is 5.96. The van der Waals surface area contributed by atoms with Crippen LogP contribution in [-0.4, -0.2) is 44.4 Å². The number of halogens is 4. The molecule has 1 saturated carbocycles. The van der Waals surface area contributed by atoms with Crippen LogP contribution in [0.4, 0.5) is 23.2 Å². The van der Waals surface area contributed by atoms with E-state index in [4.69, 9.17) is 0 Å². The van der Waals surface area contributed by atoms with Crippen LogP contribution in [0, 0.1) is 5.82 Å². The van der Waals surface area contributed by atoms with Crippen LogP contribution in [-0.2, 0) is 0 Å². The largest absolute Gasteiger partial charge is 0.507 e. The fraction of sp³-hybridized carbons (Fsp3) is 0.240. The Balaban J connectivity index is 1.52. The first-order chi connectivity index (χ1) is 17.7. The normalized spacial score (nSPS) is 13.6. The summed E-state index contributed by atoms with van der Waals surface area (Å²) < 4.78 is 53.3. The molecule has 1 fully saturated rings. The van der Waals surface area contributed by atoms with Crippen molar-refractivity contribution in [2.45, 2.75) is 41.4 Å². The molecule has 1 aliphatic carbocycles. The highest BCUT2D eigenvalue weighted by Crippen LogP contribution is 2.35. The van der Waals surface area contributed by atoms with E-state index in [0.717, 1.165) is 24.6 Å². The number of rotatable bonds is 8. The van der Waals surface area contributed by atoms with E-state index in [1.54, 1.807) is 30.3 Å². The molecule has 2 heterocycles. The number of carbonyl (C=O) groups excluding carboxylic acids is 1. The SMILES string of the molecule is O=C(NC1CC1)c1ccc(-c2cnc3c(NCCC(F)(F)F)cc(Sc4cccc(F)c4)nn23)c(O)c1. The number of fused-ring (bicyclic) bond motifs is 1. The molecule has 37 heavy (non-hydrogen) atoms. The van der Waals surface area contributed by atoms with Gasteiger partial charge in [-0.1, -0.05) is 17.8 Å². The third-order valence-corrected chi connectivity index (χ3v) is 6.53. The molecule has 0 radical (unpaired) electrons. The minimum Gasteiger partial charge on any atom is -0.507 e. The number of aromatic hydroxyl groups is 1. The number of carbonyl (C=O) groups is 1. The zero-order chi connectivity index (χ0) is 26.2. The van der Waals surface area contributed by atoms with Gasteiger partial charge in [0.05, 0.1) is 24.0 Å². The number of amides is 1. The second kappa shape index (κ2) is 9.92. The summed E-state index contributed by atoms with van der Waals surface area (Å²) in [5, 5.41) is 21.2. The number of aromatic nitrogens is 3. The molecule has 1 aliphatic rings. The van der Waals surface area contributed by atoms with Crippen molar-refractivity contribution < 1.29 is 27.5 Å². The van der Waals surface area contributed by atoms with Crippen molar-refractivity contribution in [2.24, 2.45) is 0 Å². The van der Waals surface area contributed by atoms with Crippen molar-refractivity contribution in [2.75, 3.05) is 11.9 Å². The summed E-state index contributed by atoms with van der Waals surface area (Å²) in [5.41, 5.74) is 1.53. The number of anilines is 1. The Labute approximate surface area is 212 Å². The molecule has 192 valence electrons. The zero-order valence-corrected chi connectivity index (χ0v) is 20.0. The maximum Gasteiger partial charge on any atom is 0.390 e. The van der Waals surface area contributed by atoms with E-state index < -0.39 is 18.4 Å². The molecule has 2 aromatic heterocycles. The molecule has 0 unspecified atom stereocenters. The molecule has 12 heteroatoms. The van der Waals surface area contributed by atoms with Gasteiger partial charge in [0.15, 0.2) is 5.65 Å². The van der Waals surface area contributed by atoms with Crippen LogP contribution in [0.1, 0.15) is 29.6 Å². The third-order valence-electron chi connectivity index (χ3n) is 5.64. The first-order valence-electron chi connectivity index (χ1n) is 11.4. The Morgan fingerprint density at radius 2 is 1.97 bits per heavy atom. The van der Waals surface area contributed by atoms with E-state index in [2.05, 4.69) is 20.7 Å². The highest BCUT2D eigenvalue weighted by atomic mass is 32.2. The summed E-state index contributed by atoms with van der Waals surface area (Å²) in [6, 6.07) is 12.0. The van der Waals surface area contributed by atoms with Gasteiger partial charge in [-0.3, -0.25) is 4.79 Å². The van der Waals surface area contributed by atoms with Gasteiger partial charge >= 0.3 is 6.18 Å². The molecule has 3 N–H and O–H groups in total. The predicted molar refractivity (Wildman–Crippen MR) is 130 cm³/mol. The molecular weight excluding hydrogens is 510 g/mol. The van der Waals surface area contributed by atoms with Crippen molar-refractivity contribution in [3.63, 3.8) is 0 Å². The van der Waals surface area contributed by atoms with Gasteiger partial charge in [0, 0.05) is 28.6 Å². The molecule has 0 spiro atoms. The molecule has 0 saturated heterocycles. The van der Waals surface area contributed by atoms with Crippen LogP contribution in [0.25, 0.3) is 16.9 Å². The standard InChI is InChI=1S/C25H21F4N5O2S/c26-15-2-1-3-17(11-15)37-22-12-19(30-9-8-25(27,28)29)23-31-13-20(34(23)33-22)18-7-4-14(10-21(18)35)24(36)32-16-5-6-16/h1-4,7,10-13,16,30,35H,5-6,8-9H2,(H,32,36). The minimum atomic E-state index is -4.34. The van der Waals surface area contributed by atoms with Crippen molar-refractivity contribution >= 4 is 29.0 Å². The van der Waals surface area contributed by atoms with E-state index in [0.29, 0.717) is 32.4 Å². The van der Waals surface area contributed by atoms with Crippen LogP contribution < -0.4 is 10.6 Å². The van der Waals surface area contributed by atoms with Crippen LogP contribution in [0.3, 0.4) is 0 Å². The Kier molecular flexibility index (Phi) is 6.67. The number of alkyl halides is 3. The number of imidazole rings is 1. The Hall–Kier alpha value is -3.80. The summed E-state index contributed by atoms with van der Waals surface area (Å²) in [6.45, 7) is -0.383. The van der Waals surface area contributed by atoms with Crippen molar-refractivity contribution in [3.05, 3.63) is 66.1 Å². The smallest absolute Gasteiger partial charge is 0.390 e. The quantitative estimate of drug-likeness (QED) is 0.255. The van der Waals surface area contributed by atoms with Gasteiger partial charge in [-0.25, -0.2) is 13.9 Å². The lowest BCUT2D eigenvalue weighted by Crippen LogP contribution is -2.25. The number of hydrogen-bond donors (Lipinski definition) is 3. The predicted octanol–water partition coefficient (Wildman–Crippen LogP) is 5.65. The van der Waals surface area contributed by atoms with Crippen LogP contribution in [0.15, 0.2) is 64.6 Å². The number of phenolic OH excluding ortho intramolecular Hbond substituents is 1. The maximum absolute atomic E-state index is 13.7. The summed E-state index contributed by atoms with van der Waals surface area (Å²) in [7, 11) is 0. The fourth-order valence-corrected chi connectivity index (χ4v) is 4.54. The van der Waals surface area contributed by atoms with E-state index in [9.17, 15) is 27.5 Å². The van der Waals surface area contributed by atoms with E-state index >= 15 is 0 Å². The lowest BCUT2D eigenvalue weighted by molar-refractivity contribution is -0.131. The van der Waals surface area contributed by atoms with Gasteiger partial charge in [-0.05, 0) is 55.3 Å². The summed E-state index contributed by atoms with van der Waals surface area (Å²) >= 11 is 1.12. The highest BCUT2D eigenvalue weighted by molar-refractivity contribution is 7.99. The fourth-order valence-electron chi connectivity index (χ4n) is 3.69. The molecule has 5 rings (SSSR count). The Morgan fingerprint density at radius 3 is 2.68 bits per heavy atom. The topological polar surface area (TPSA) is 91.5 Å². The zero-order valence-electron chi connectivity index (χ0n) is 19.2. The summed E-state index contributed by atoms with van der Waals surface area (Å²) in [6.07, 6.45) is -2.09. The van der Waals surface area contributed by atoms with Gasteiger partial charge in [0.1, 0.15) is 16.6 Å². The molecule has 0 aliphatic heterocycles. The average Bonchev–Trinajstić information content (AvgIpc) is 3.54. The van der Waals surface area contributed by atoms with Crippen molar-refractivity contribution in [3.8, 4) is 17.0 Å². The number of nitrogens with one attached hydrogen (secondary N) is 2. The van der Waals surface area contributed by atoms with Gasteiger partial charge in [-0.15, -0.1) is 0 Å². The lowest BCUT2D eigenvalue weighted by atomic mass is 10.1. The second-order valence-electron chi connectivity index (χ2n) is 8.61. The Bertz CT molecular complexity index is 1470. The second-order valence-corrected chi connectivity index (χ2v) is 9.70. The molecule has 2 aromatic carbocycles. The first-order valence-corrected chi connectivity index (χ1v) is 12.2. The van der Waals surface area contributed by atoms with E-state index in [1.807, 2.05) is 0 Å². The first kappa shape index (κ1) is 24.9. The van der Waals surface area contributed by atoms with Crippen LogP contribution >= 0.6 is 11.8 Å². The van der Waals surface area contributed by atoms with Gasteiger partial charge in [-0.2, -0.15) is 18.3 Å². The maximum atomic E-state index is 13.7. The van der Waals surface area contributed by atoms with Crippen LogP contribution in [0.5, 0.6) is 5.75 Å². The molecular formula is C25H21F4N5O2S. The highest BCUT2D eigenvalue weighted by Gasteiger charge is 2.27. The number of nitrogens with zero attached hydrogens (tertiary/aromatic N) is 3. The number of hydrogen-bond acceptors (Lipinski definition) is 6.